The molecule has 0 aliphatic carbocycles. The van der Waals surface area contributed by atoms with Crippen LogP contribution in [0.25, 0.3) is 27.0 Å². The van der Waals surface area contributed by atoms with Crippen molar-refractivity contribution in [3.63, 3.8) is 0 Å². The molecule has 10 heterocycles. The van der Waals surface area contributed by atoms with Crippen molar-refractivity contribution in [2.75, 3.05) is 0 Å². The van der Waals surface area contributed by atoms with Gasteiger partial charge in [0.15, 0.2) is 15.6 Å². The first-order valence-electron chi connectivity index (χ1n) is 25.4. The maximum absolute atomic E-state index is 5.61. The quantitative estimate of drug-likeness (QED) is 0.146. The van der Waals surface area contributed by atoms with Gasteiger partial charge in [-0.2, -0.15) is 4.57 Å². The second kappa shape index (κ2) is 30.2. The third-order valence-corrected chi connectivity index (χ3v) is 15.3. The van der Waals surface area contributed by atoms with Crippen LogP contribution in [0, 0.1) is 0 Å². The Morgan fingerprint density at radius 1 is 0.461 bits per heavy atom. The molecular weight excluding hydrogens is 999 g/mol. The smallest absolute Gasteiger partial charge is 0.211 e. The highest BCUT2D eigenvalue weighted by Crippen LogP contribution is 2.30. The Morgan fingerprint density at radius 3 is 1.47 bits per heavy atom. The summed E-state index contributed by atoms with van der Waals surface area (Å²) >= 11 is 5.30. The Morgan fingerprint density at radius 2 is 1.00 bits per heavy atom. The standard InChI is InChI=1S/C11H17N3.C11H16N2O.3C11H16N2S.6CH4/c1-7(2)9-5-14-6-10(8(3)4)13-11(14)12-9;2*1-7(2)9-6-13-11(12-9)5-10(14-13)8(3)4;1-7(2)9-5-13-6-10(8(3)4)14-11(13)12-9;1-7(2)9-10(8(3)4)13-5-6-14-11(13)12-9;;;;;;/h5-8H,1-4H3,(H,12,13);4*5-8H,1-4H3;6*1H4. The zero-order chi connectivity index (χ0) is 51.5. The van der Waals surface area contributed by atoms with Gasteiger partial charge >= 0.3 is 0 Å². The van der Waals surface area contributed by atoms with E-state index in [0.29, 0.717) is 59.2 Å². The monoisotopic (exact) mass is 1100 g/mol. The van der Waals surface area contributed by atoms with Gasteiger partial charge in [-0.3, -0.25) is 17.0 Å². The number of hydrogen-bond acceptors (Lipinski definition) is 9. The zero-order valence-electron chi connectivity index (χ0n) is 45.7. The van der Waals surface area contributed by atoms with Gasteiger partial charge in [0.25, 0.3) is 0 Å². The minimum Gasteiger partial charge on any atom is -0.378 e. The second-order valence-electron chi connectivity index (χ2n) is 21.6. The van der Waals surface area contributed by atoms with Gasteiger partial charge in [-0.15, -0.1) is 22.7 Å². The Balaban J connectivity index is 0.000000907. The summed E-state index contributed by atoms with van der Waals surface area (Å²) in [5.74, 6) is 7.12. The number of aromatic nitrogens is 11. The first-order valence-corrected chi connectivity index (χ1v) is 27.9. The summed E-state index contributed by atoms with van der Waals surface area (Å²) in [6, 6.07) is 4.21. The molecule has 76 heavy (non-hydrogen) atoms. The molecule has 10 aromatic rings. The van der Waals surface area contributed by atoms with E-state index in [0.717, 1.165) is 44.1 Å². The van der Waals surface area contributed by atoms with Gasteiger partial charge in [-0.05, 0) is 59.3 Å². The van der Waals surface area contributed by atoms with Crippen LogP contribution in [0.5, 0.6) is 0 Å². The molecule has 0 atom stereocenters. The summed E-state index contributed by atoms with van der Waals surface area (Å²) < 4.78 is 16.0. The highest BCUT2D eigenvalue weighted by Gasteiger charge is 2.18. The topological polar surface area (TPSA) is 115 Å². The molecule has 0 aromatic carbocycles. The number of fused-ring (bicyclic) bond motifs is 5. The number of thiazole rings is 2. The number of nitrogens with one attached hydrogen (secondary N) is 1. The predicted octanol–water partition coefficient (Wildman–Crippen LogP) is 20.8. The molecule has 0 saturated heterocycles. The minimum absolute atomic E-state index is 0. The van der Waals surface area contributed by atoms with Gasteiger partial charge in [0, 0.05) is 75.7 Å². The molecule has 0 spiro atoms. The first kappa shape index (κ1) is 71.0. The van der Waals surface area contributed by atoms with Crippen LogP contribution in [0.4, 0.5) is 0 Å². The molecule has 0 fully saturated rings. The lowest BCUT2D eigenvalue weighted by molar-refractivity contribution is 0.334. The molecule has 12 nitrogen and oxygen atoms in total. The van der Waals surface area contributed by atoms with Crippen LogP contribution in [0.2, 0.25) is 0 Å². The summed E-state index contributed by atoms with van der Waals surface area (Å²) in [4.78, 5) is 31.2. The van der Waals surface area contributed by atoms with Crippen LogP contribution in [0.15, 0.2) is 65.4 Å². The highest BCUT2D eigenvalue weighted by atomic mass is 32.1. The number of nitrogens with zero attached hydrogens (tertiary/aromatic N) is 10. The minimum atomic E-state index is 0. The SMILES string of the molecule is C.C.C.C.C.C.CC(C)c1cn2cc(C(C)C)[nH]c2n1.CC(C)c1cn2cc(C(C)C)sc2n1.CC(C)c1cn2oc(C(C)C)cc2n1.CC(C)c1cn2sc(C(C)C)cc2n1.CC(C)c1nc2sccn2c1C(C)C. The van der Waals surface area contributed by atoms with Gasteiger partial charge < -0.3 is 9.51 Å². The molecular formula is C61H105N11OS3. The largest absolute Gasteiger partial charge is 0.378 e. The molecule has 15 heteroatoms. The molecule has 0 bridgehead atoms. The van der Waals surface area contributed by atoms with E-state index in [9.17, 15) is 0 Å². The lowest BCUT2D eigenvalue weighted by Gasteiger charge is -2.09. The number of H-pyrrole nitrogens is 1. The van der Waals surface area contributed by atoms with Crippen molar-refractivity contribution < 1.29 is 4.52 Å². The van der Waals surface area contributed by atoms with Gasteiger partial charge in [0.2, 0.25) is 5.78 Å². The fraction of sp³-hybridized carbons (Fsp3) is 0.590. The fourth-order valence-electron chi connectivity index (χ4n) is 7.45. The van der Waals surface area contributed by atoms with Crippen molar-refractivity contribution in [1.82, 2.24) is 51.5 Å². The molecule has 0 radical (unpaired) electrons. The van der Waals surface area contributed by atoms with Crippen molar-refractivity contribution in [2.24, 2.45) is 0 Å². The Hall–Kier alpha value is -4.99. The third kappa shape index (κ3) is 17.0. The lowest BCUT2D eigenvalue weighted by Crippen LogP contribution is -1.99. The first-order chi connectivity index (χ1) is 32.9. The maximum Gasteiger partial charge on any atom is 0.211 e. The Bertz CT molecular complexity index is 2560. The second-order valence-corrected chi connectivity index (χ2v) is 24.5. The van der Waals surface area contributed by atoms with Crippen LogP contribution < -0.4 is 0 Å². The van der Waals surface area contributed by atoms with E-state index in [1.165, 1.54) is 38.2 Å². The summed E-state index contributed by atoms with van der Waals surface area (Å²) in [6.07, 6.45) is 14.8. The molecule has 0 aliphatic heterocycles. The molecule has 0 amide bonds. The number of hydrogen-bond donors (Lipinski definition) is 1. The van der Waals surface area contributed by atoms with Crippen LogP contribution in [-0.4, -0.2) is 51.5 Å². The van der Waals surface area contributed by atoms with Crippen LogP contribution in [0.3, 0.4) is 0 Å². The van der Waals surface area contributed by atoms with Gasteiger partial charge in [0.05, 0.1) is 34.7 Å². The number of aromatic amines is 1. The van der Waals surface area contributed by atoms with E-state index < -0.39 is 0 Å². The molecule has 1 N–H and O–H groups in total. The zero-order valence-corrected chi connectivity index (χ0v) is 48.1. The van der Waals surface area contributed by atoms with E-state index in [1.54, 1.807) is 38.8 Å². The van der Waals surface area contributed by atoms with Crippen molar-refractivity contribution in [1.29, 1.82) is 0 Å². The molecule has 0 unspecified atom stereocenters. The number of rotatable bonds is 10. The van der Waals surface area contributed by atoms with E-state index in [2.05, 4.69) is 234 Å². The molecule has 10 aromatic heterocycles. The lowest BCUT2D eigenvalue weighted by atomic mass is 10.0. The Kier molecular flexibility index (Phi) is 28.3. The van der Waals surface area contributed by atoms with Gasteiger partial charge in [-0.25, -0.2) is 24.9 Å². The van der Waals surface area contributed by atoms with Crippen molar-refractivity contribution in [2.45, 2.75) is 242 Å². The molecule has 10 rings (SSSR count). The van der Waals surface area contributed by atoms with Crippen LogP contribution in [0.1, 0.15) is 298 Å². The average molecular weight is 1100 g/mol. The summed E-state index contributed by atoms with van der Waals surface area (Å²) in [5.41, 5.74) is 10.5. The third-order valence-electron chi connectivity index (χ3n) is 12.0. The van der Waals surface area contributed by atoms with E-state index in [4.69, 9.17) is 4.52 Å². The molecule has 0 saturated carbocycles. The van der Waals surface area contributed by atoms with Crippen LogP contribution >= 0.6 is 34.2 Å². The van der Waals surface area contributed by atoms with E-state index in [-0.39, 0.29) is 44.6 Å². The average Bonchev–Trinajstić information content (AvgIpc) is 4.09. The van der Waals surface area contributed by atoms with E-state index in [1.807, 2.05) is 12.3 Å². The van der Waals surface area contributed by atoms with Crippen molar-refractivity contribution in [3.05, 3.63) is 116 Å². The van der Waals surface area contributed by atoms with Gasteiger partial charge in [0.1, 0.15) is 11.4 Å². The van der Waals surface area contributed by atoms with Gasteiger partial charge in [-0.1, -0.05) is 195 Å². The summed E-state index contributed by atoms with van der Waals surface area (Å²) in [5, 5.41) is 2.10. The van der Waals surface area contributed by atoms with Crippen molar-refractivity contribution in [3.8, 4) is 0 Å². The molecule has 0 aliphatic rings. The summed E-state index contributed by atoms with van der Waals surface area (Å²) in [6.45, 7) is 43.6. The maximum atomic E-state index is 5.61. The van der Waals surface area contributed by atoms with Crippen LogP contribution in [-0.2, 0) is 0 Å². The fourth-order valence-corrected chi connectivity index (χ4v) is 10.1. The number of imidazole rings is 6. The van der Waals surface area contributed by atoms with Crippen molar-refractivity contribution >= 4 is 61.2 Å². The summed E-state index contributed by atoms with van der Waals surface area (Å²) in [7, 11) is 0. The highest BCUT2D eigenvalue weighted by molar-refractivity contribution is 7.17. The Labute approximate surface area is 473 Å². The molecule has 428 valence electrons. The normalized spacial score (nSPS) is 11.2. The van der Waals surface area contributed by atoms with E-state index >= 15 is 0 Å². The predicted molar refractivity (Wildman–Crippen MR) is 337 cm³/mol.